The first-order chi connectivity index (χ1) is 13.6. The molecule has 3 rings (SSSR count). The van der Waals surface area contributed by atoms with Gasteiger partial charge in [0, 0.05) is 22.9 Å². The van der Waals surface area contributed by atoms with Crippen LogP contribution in [0, 0.1) is 0 Å². The molecule has 0 saturated carbocycles. The quantitative estimate of drug-likeness (QED) is 0.263. The second kappa shape index (κ2) is 10.3. The van der Waals surface area contributed by atoms with E-state index in [1.807, 2.05) is 40.5 Å². The second-order valence-electron chi connectivity index (χ2n) is 5.74. The van der Waals surface area contributed by atoms with Crippen molar-refractivity contribution in [3.05, 3.63) is 68.3 Å². The fourth-order valence-corrected chi connectivity index (χ4v) is 3.99. The molecular weight excluding hydrogens is 433 g/mol. The molecule has 0 radical (unpaired) electrons. The Morgan fingerprint density at radius 1 is 1.14 bits per heavy atom. The number of hydrogen-bond acceptors (Lipinski definition) is 5. The van der Waals surface area contributed by atoms with Crippen LogP contribution in [0.1, 0.15) is 5.56 Å². The molecule has 2 aromatic carbocycles. The largest absolute Gasteiger partial charge is 0.383 e. The van der Waals surface area contributed by atoms with Gasteiger partial charge >= 0.3 is 0 Å². The van der Waals surface area contributed by atoms with Crippen LogP contribution >= 0.6 is 46.3 Å². The molecule has 0 atom stereocenters. The first kappa shape index (κ1) is 21.1. The molecule has 0 unspecified atom stereocenters. The van der Waals surface area contributed by atoms with Crippen LogP contribution in [-0.2, 0) is 4.74 Å². The monoisotopic (exact) mass is 451 g/mol. The van der Waals surface area contributed by atoms with Crippen molar-refractivity contribution in [3.8, 4) is 11.3 Å². The van der Waals surface area contributed by atoms with E-state index in [-0.39, 0.29) is 0 Å². The van der Waals surface area contributed by atoms with Crippen LogP contribution in [0.15, 0.2) is 62.8 Å². The zero-order chi connectivity index (χ0) is 19.9. The Balaban J connectivity index is 2.01. The molecule has 146 valence electrons. The lowest BCUT2D eigenvalue weighted by molar-refractivity contribution is 0.207. The lowest BCUT2D eigenvalue weighted by Gasteiger charge is -2.05. The zero-order valence-corrected chi connectivity index (χ0v) is 18.6. The highest BCUT2D eigenvalue weighted by Crippen LogP contribution is 2.28. The molecule has 0 spiro atoms. The van der Waals surface area contributed by atoms with Crippen molar-refractivity contribution >= 4 is 52.5 Å². The Morgan fingerprint density at radius 3 is 2.61 bits per heavy atom. The standard InChI is InChI=1S/C20H19Cl2N3OS2/c1-26-10-9-23-20-25(24-12-14-3-6-16(27-2)7-4-14)19(13-28-20)15-5-8-17(21)18(22)11-15/h3-8,11-13H,9-10H2,1-2H3/b23-20?,24-12-. The molecule has 0 aliphatic rings. The Labute approximate surface area is 182 Å². The van der Waals surface area contributed by atoms with E-state index < -0.39 is 0 Å². The van der Waals surface area contributed by atoms with Gasteiger partial charge in [-0.1, -0.05) is 41.4 Å². The van der Waals surface area contributed by atoms with Gasteiger partial charge in [-0.25, -0.2) is 4.68 Å². The number of aromatic nitrogens is 1. The van der Waals surface area contributed by atoms with Gasteiger partial charge in [-0.2, -0.15) is 5.10 Å². The Morgan fingerprint density at radius 2 is 1.93 bits per heavy atom. The molecule has 0 aliphatic carbocycles. The van der Waals surface area contributed by atoms with Crippen molar-refractivity contribution < 1.29 is 4.74 Å². The maximum Gasteiger partial charge on any atom is 0.206 e. The normalized spacial score (nSPS) is 12.2. The molecule has 0 bridgehead atoms. The number of benzene rings is 2. The number of ether oxygens (including phenoxy) is 1. The SMILES string of the molecule is COCCN=c1scc(-c2ccc(Cl)c(Cl)c2)n1/N=C\c1ccc(SC)cc1. The zero-order valence-electron chi connectivity index (χ0n) is 15.4. The number of hydrogen-bond donors (Lipinski definition) is 0. The van der Waals surface area contributed by atoms with Crippen LogP contribution < -0.4 is 4.80 Å². The molecule has 0 amide bonds. The predicted molar refractivity (Wildman–Crippen MR) is 121 cm³/mol. The minimum absolute atomic E-state index is 0.506. The number of methoxy groups -OCH3 is 1. The van der Waals surface area contributed by atoms with E-state index in [1.165, 1.54) is 16.2 Å². The van der Waals surface area contributed by atoms with Crippen LogP contribution in [0.25, 0.3) is 11.3 Å². The van der Waals surface area contributed by atoms with Gasteiger partial charge < -0.3 is 4.74 Å². The van der Waals surface area contributed by atoms with Gasteiger partial charge in [0.25, 0.3) is 0 Å². The summed E-state index contributed by atoms with van der Waals surface area (Å²) in [5, 5.41) is 7.73. The second-order valence-corrected chi connectivity index (χ2v) is 8.27. The maximum atomic E-state index is 6.21. The highest BCUT2D eigenvalue weighted by atomic mass is 35.5. The van der Waals surface area contributed by atoms with E-state index in [9.17, 15) is 0 Å². The molecule has 4 nitrogen and oxygen atoms in total. The minimum Gasteiger partial charge on any atom is -0.383 e. The summed E-state index contributed by atoms with van der Waals surface area (Å²) in [5.74, 6) is 0. The topological polar surface area (TPSA) is 38.9 Å². The average molecular weight is 452 g/mol. The van der Waals surface area contributed by atoms with Crippen molar-refractivity contribution in [2.75, 3.05) is 26.5 Å². The van der Waals surface area contributed by atoms with Gasteiger partial charge in [-0.3, -0.25) is 4.99 Å². The third kappa shape index (κ3) is 5.27. The van der Waals surface area contributed by atoms with Crippen LogP contribution in [0.3, 0.4) is 0 Å². The van der Waals surface area contributed by atoms with Crippen molar-refractivity contribution in [1.29, 1.82) is 0 Å². The number of thiazole rings is 1. The van der Waals surface area contributed by atoms with E-state index in [1.54, 1.807) is 24.9 Å². The lowest BCUT2D eigenvalue weighted by Crippen LogP contribution is -2.13. The summed E-state index contributed by atoms with van der Waals surface area (Å²) in [7, 11) is 1.66. The van der Waals surface area contributed by atoms with E-state index in [0.29, 0.717) is 23.2 Å². The highest BCUT2D eigenvalue weighted by molar-refractivity contribution is 7.98. The minimum atomic E-state index is 0.506. The summed E-state index contributed by atoms with van der Waals surface area (Å²) in [6, 6.07) is 13.8. The molecule has 8 heteroatoms. The summed E-state index contributed by atoms with van der Waals surface area (Å²) < 4.78 is 6.93. The van der Waals surface area contributed by atoms with Crippen LogP contribution in [-0.4, -0.2) is 37.4 Å². The van der Waals surface area contributed by atoms with Crippen molar-refractivity contribution in [2.24, 2.45) is 10.1 Å². The third-order valence-electron chi connectivity index (χ3n) is 3.88. The molecular formula is C20H19Cl2N3OS2. The summed E-state index contributed by atoms with van der Waals surface area (Å²) in [6.07, 6.45) is 3.88. The molecule has 28 heavy (non-hydrogen) atoms. The number of nitrogens with zero attached hydrogens (tertiary/aromatic N) is 3. The van der Waals surface area contributed by atoms with Gasteiger partial charge in [0.1, 0.15) is 0 Å². The fourth-order valence-electron chi connectivity index (χ4n) is 2.42. The smallest absolute Gasteiger partial charge is 0.206 e. The summed E-state index contributed by atoms with van der Waals surface area (Å²) in [6.45, 7) is 1.12. The van der Waals surface area contributed by atoms with E-state index in [2.05, 4.69) is 28.5 Å². The van der Waals surface area contributed by atoms with Crippen LogP contribution in [0.2, 0.25) is 10.0 Å². The highest BCUT2D eigenvalue weighted by Gasteiger charge is 2.09. The fraction of sp³-hybridized carbons (Fsp3) is 0.200. The molecule has 0 N–H and O–H groups in total. The Kier molecular flexibility index (Phi) is 7.76. The van der Waals surface area contributed by atoms with Crippen LogP contribution in [0.4, 0.5) is 0 Å². The molecule has 1 heterocycles. The van der Waals surface area contributed by atoms with Crippen molar-refractivity contribution in [3.63, 3.8) is 0 Å². The van der Waals surface area contributed by atoms with Crippen molar-refractivity contribution in [1.82, 2.24) is 4.68 Å². The van der Waals surface area contributed by atoms with E-state index in [4.69, 9.17) is 27.9 Å². The Bertz CT molecular complexity index is 1030. The van der Waals surface area contributed by atoms with E-state index in [0.717, 1.165) is 21.6 Å². The third-order valence-corrected chi connectivity index (χ3v) is 6.22. The molecule has 0 fully saturated rings. The van der Waals surface area contributed by atoms with Gasteiger partial charge in [-0.05, 0) is 36.1 Å². The predicted octanol–water partition coefficient (Wildman–Crippen LogP) is 5.67. The number of halogens is 2. The first-order valence-electron chi connectivity index (χ1n) is 8.46. The van der Waals surface area contributed by atoms with E-state index >= 15 is 0 Å². The average Bonchev–Trinajstić information content (AvgIpc) is 3.12. The van der Waals surface area contributed by atoms with Gasteiger partial charge in [-0.15, -0.1) is 23.1 Å². The maximum absolute atomic E-state index is 6.21. The van der Waals surface area contributed by atoms with Gasteiger partial charge in [0.2, 0.25) is 4.80 Å². The van der Waals surface area contributed by atoms with Gasteiger partial charge in [0.15, 0.2) is 0 Å². The lowest BCUT2D eigenvalue weighted by atomic mass is 10.2. The molecule has 0 aliphatic heterocycles. The Hall–Kier alpha value is -1.57. The molecule has 3 aromatic rings. The first-order valence-corrected chi connectivity index (χ1v) is 11.3. The summed E-state index contributed by atoms with van der Waals surface area (Å²) >= 11 is 15.5. The molecule has 0 saturated heterocycles. The number of thioether (sulfide) groups is 1. The van der Waals surface area contributed by atoms with Gasteiger partial charge in [0.05, 0.1) is 35.1 Å². The molecule has 1 aromatic heterocycles. The van der Waals surface area contributed by atoms with Crippen LogP contribution in [0.5, 0.6) is 0 Å². The number of rotatable bonds is 7. The summed E-state index contributed by atoms with van der Waals surface area (Å²) in [5.41, 5.74) is 2.84. The summed E-state index contributed by atoms with van der Waals surface area (Å²) in [4.78, 5) is 6.60. The van der Waals surface area contributed by atoms with Crippen molar-refractivity contribution in [2.45, 2.75) is 4.90 Å².